The van der Waals surface area contributed by atoms with E-state index in [-0.39, 0.29) is 12.5 Å². The van der Waals surface area contributed by atoms with Crippen molar-refractivity contribution in [2.24, 2.45) is 0 Å². The first kappa shape index (κ1) is 15.0. The number of rotatable bonds is 5. The van der Waals surface area contributed by atoms with E-state index in [1.165, 1.54) is 0 Å². The van der Waals surface area contributed by atoms with Gasteiger partial charge in [-0.15, -0.1) is 0 Å². The summed E-state index contributed by atoms with van der Waals surface area (Å²) in [6, 6.07) is 15.1. The molecule has 0 unspecified atom stereocenters. The molecule has 20 heavy (non-hydrogen) atoms. The van der Waals surface area contributed by atoms with Gasteiger partial charge in [0.1, 0.15) is 0 Å². The van der Waals surface area contributed by atoms with Crippen LogP contribution in [0.25, 0.3) is 0 Å². The van der Waals surface area contributed by atoms with Crippen LogP contribution in [0.5, 0.6) is 0 Å². The molecule has 5 heteroatoms. The second-order valence-corrected chi connectivity index (χ2v) is 5.48. The third kappa shape index (κ3) is 4.34. The summed E-state index contributed by atoms with van der Waals surface area (Å²) in [6.45, 7) is 0.851. The Morgan fingerprint density at radius 1 is 1.10 bits per heavy atom. The molecule has 0 atom stereocenters. The van der Waals surface area contributed by atoms with Crippen molar-refractivity contribution >= 4 is 39.1 Å². The van der Waals surface area contributed by atoms with Crippen LogP contribution < -0.4 is 10.6 Å². The molecule has 2 N–H and O–H groups in total. The maximum atomic E-state index is 11.8. The van der Waals surface area contributed by atoms with Crippen molar-refractivity contribution in [1.82, 2.24) is 5.32 Å². The molecule has 2 aromatic rings. The largest absolute Gasteiger partial charge is 0.324 e. The van der Waals surface area contributed by atoms with Crippen LogP contribution in [0, 0.1) is 0 Å². The van der Waals surface area contributed by atoms with Crippen molar-refractivity contribution in [2.45, 2.75) is 6.54 Å². The van der Waals surface area contributed by atoms with Crippen LogP contribution in [0.1, 0.15) is 5.56 Å². The highest BCUT2D eigenvalue weighted by atomic mass is 79.9. The summed E-state index contributed by atoms with van der Waals surface area (Å²) in [5, 5.41) is 6.40. The van der Waals surface area contributed by atoms with E-state index < -0.39 is 0 Å². The molecule has 0 aliphatic heterocycles. The lowest BCUT2D eigenvalue weighted by atomic mass is 10.2. The number of carbonyl (C=O) groups is 1. The van der Waals surface area contributed by atoms with Gasteiger partial charge in [0, 0.05) is 11.0 Å². The number of carbonyl (C=O) groups excluding carboxylic acids is 1. The van der Waals surface area contributed by atoms with Gasteiger partial charge in [0.25, 0.3) is 0 Å². The number of hydrogen-bond acceptors (Lipinski definition) is 2. The molecular formula is C15H14BrClN2O. The van der Waals surface area contributed by atoms with Crippen molar-refractivity contribution in [3.8, 4) is 0 Å². The van der Waals surface area contributed by atoms with Crippen LogP contribution in [0.3, 0.4) is 0 Å². The minimum Gasteiger partial charge on any atom is -0.324 e. The highest BCUT2D eigenvalue weighted by molar-refractivity contribution is 9.10. The lowest BCUT2D eigenvalue weighted by Crippen LogP contribution is -2.27. The van der Waals surface area contributed by atoms with Gasteiger partial charge >= 0.3 is 0 Å². The van der Waals surface area contributed by atoms with Crippen LogP contribution in [0.15, 0.2) is 53.0 Å². The molecule has 0 spiro atoms. The summed E-state index contributed by atoms with van der Waals surface area (Å²) in [5.41, 5.74) is 1.74. The standard InChI is InChI=1S/C15H14BrClN2O/c16-12-6-2-1-5-11(12)9-18-10-15(20)19-14-8-4-3-7-13(14)17/h1-8,18H,9-10H2,(H,19,20). The Morgan fingerprint density at radius 3 is 2.55 bits per heavy atom. The second-order valence-electron chi connectivity index (χ2n) is 4.22. The summed E-state index contributed by atoms with van der Waals surface area (Å²) >= 11 is 9.45. The van der Waals surface area contributed by atoms with Gasteiger partial charge in [-0.05, 0) is 23.8 Å². The predicted octanol–water partition coefficient (Wildman–Crippen LogP) is 3.83. The topological polar surface area (TPSA) is 41.1 Å². The SMILES string of the molecule is O=C(CNCc1ccccc1Br)Nc1ccccc1Cl. The van der Waals surface area contributed by atoms with Crippen molar-refractivity contribution < 1.29 is 4.79 Å². The van der Waals surface area contributed by atoms with E-state index in [1.807, 2.05) is 36.4 Å². The van der Waals surface area contributed by atoms with Crippen LogP contribution in [0.2, 0.25) is 5.02 Å². The molecule has 0 fully saturated rings. The zero-order chi connectivity index (χ0) is 14.4. The monoisotopic (exact) mass is 352 g/mol. The van der Waals surface area contributed by atoms with E-state index in [0.717, 1.165) is 10.0 Å². The molecule has 0 aliphatic carbocycles. The first-order valence-electron chi connectivity index (χ1n) is 6.15. The zero-order valence-corrected chi connectivity index (χ0v) is 13.0. The molecule has 104 valence electrons. The smallest absolute Gasteiger partial charge is 0.238 e. The Kier molecular flexibility index (Phi) is 5.59. The Labute approximate surface area is 131 Å². The van der Waals surface area contributed by atoms with Crippen LogP contribution in [-0.4, -0.2) is 12.5 Å². The number of anilines is 1. The molecule has 0 heterocycles. The number of hydrogen-bond donors (Lipinski definition) is 2. The van der Waals surface area contributed by atoms with Gasteiger partial charge in [-0.2, -0.15) is 0 Å². The van der Waals surface area contributed by atoms with Crippen molar-refractivity contribution in [2.75, 3.05) is 11.9 Å². The Morgan fingerprint density at radius 2 is 1.80 bits per heavy atom. The third-order valence-electron chi connectivity index (χ3n) is 2.71. The fourth-order valence-electron chi connectivity index (χ4n) is 1.71. The minimum atomic E-state index is -0.120. The van der Waals surface area contributed by atoms with Gasteiger partial charge in [0.2, 0.25) is 5.91 Å². The lowest BCUT2D eigenvalue weighted by molar-refractivity contribution is -0.115. The van der Waals surface area contributed by atoms with Gasteiger partial charge in [0.05, 0.1) is 17.3 Å². The number of nitrogens with one attached hydrogen (secondary N) is 2. The summed E-state index contributed by atoms with van der Waals surface area (Å²) in [7, 11) is 0. The van der Waals surface area contributed by atoms with Gasteiger partial charge in [-0.1, -0.05) is 57.9 Å². The van der Waals surface area contributed by atoms with E-state index >= 15 is 0 Å². The second kappa shape index (κ2) is 7.43. The van der Waals surface area contributed by atoms with Gasteiger partial charge in [-0.25, -0.2) is 0 Å². The molecule has 3 nitrogen and oxygen atoms in total. The quantitative estimate of drug-likeness (QED) is 0.857. The van der Waals surface area contributed by atoms with E-state index in [9.17, 15) is 4.79 Å². The highest BCUT2D eigenvalue weighted by Crippen LogP contribution is 2.20. The summed E-state index contributed by atoms with van der Waals surface area (Å²) in [5.74, 6) is -0.120. The van der Waals surface area contributed by atoms with Crippen molar-refractivity contribution in [1.29, 1.82) is 0 Å². The van der Waals surface area contributed by atoms with Gasteiger partial charge < -0.3 is 10.6 Å². The number of para-hydroxylation sites is 1. The minimum absolute atomic E-state index is 0.120. The first-order chi connectivity index (χ1) is 9.66. The molecule has 0 saturated heterocycles. The Balaban J connectivity index is 1.82. The molecule has 1 amide bonds. The third-order valence-corrected chi connectivity index (χ3v) is 3.81. The molecule has 2 rings (SSSR count). The molecular weight excluding hydrogens is 340 g/mol. The average molecular weight is 354 g/mol. The molecule has 2 aromatic carbocycles. The summed E-state index contributed by atoms with van der Waals surface area (Å²) in [6.07, 6.45) is 0. The molecule has 0 bridgehead atoms. The average Bonchev–Trinajstić information content (AvgIpc) is 2.43. The van der Waals surface area contributed by atoms with Crippen molar-refractivity contribution in [3.05, 3.63) is 63.6 Å². The molecule has 0 saturated carbocycles. The van der Waals surface area contributed by atoms with E-state index in [0.29, 0.717) is 17.3 Å². The molecule has 0 aromatic heterocycles. The Hall–Kier alpha value is -1.36. The predicted molar refractivity (Wildman–Crippen MR) is 85.9 cm³/mol. The maximum Gasteiger partial charge on any atom is 0.238 e. The Bertz CT molecular complexity index is 604. The fraction of sp³-hybridized carbons (Fsp3) is 0.133. The van der Waals surface area contributed by atoms with E-state index in [2.05, 4.69) is 26.6 Å². The fourth-order valence-corrected chi connectivity index (χ4v) is 2.32. The van der Waals surface area contributed by atoms with Crippen molar-refractivity contribution in [3.63, 3.8) is 0 Å². The molecule has 0 radical (unpaired) electrons. The van der Waals surface area contributed by atoms with Gasteiger partial charge in [0.15, 0.2) is 0 Å². The lowest BCUT2D eigenvalue weighted by Gasteiger charge is -2.09. The van der Waals surface area contributed by atoms with Crippen LogP contribution >= 0.6 is 27.5 Å². The number of benzene rings is 2. The highest BCUT2D eigenvalue weighted by Gasteiger charge is 2.05. The summed E-state index contributed by atoms with van der Waals surface area (Å²) in [4.78, 5) is 11.8. The van der Waals surface area contributed by atoms with Gasteiger partial charge in [-0.3, -0.25) is 4.79 Å². The van der Waals surface area contributed by atoms with Crippen LogP contribution in [0.4, 0.5) is 5.69 Å². The normalized spacial score (nSPS) is 10.3. The molecule has 0 aliphatic rings. The van der Waals surface area contributed by atoms with E-state index in [1.54, 1.807) is 12.1 Å². The summed E-state index contributed by atoms with van der Waals surface area (Å²) < 4.78 is 1.03. The number of amides is 1. The van der Waals surface area contributed by atoms with Crippen LogP contribution in [-0.2, 0) is 11.3 Å². The van der Waals surface area contributed by atoms with E-state index in [4.69, 9.17) is 11.6 Å². The first-order valence-corrected chi connectivity index (χ1v) is 7.32. The number of halogens is 2. The zero-order valence-electron chi connectivity index (χ0n) is 10.7. The maximum absolute atomic E-state index is 11.8.